The van der Waals surface area contributed by atoms with Crippen molar-refractivity contribution in [1.82, 2.24) is 10.3 Å². The first-order valence-electron chi connectivity index (χ1n) is 7.37. The Morgan fingerprint density at radius 2 is 1.67 bits per heavy atom. The minimum atomic E-state index is -0.507. The number of hydrogen-bond donors (Lipinski definition) is 2. The van der Waals surface area contributed by atoms with Crippen LogP contribution in [0.1, 0.15) is 40.8 Å². The maximum absolute atomic E-state index is 10.6. The van der Waals surface area contributed by atoms with Gasteiger partial charge in [-0.05, 0) is 62.1 Å². The molecule has 0 aliphatic rings. The summed E-state index contributed by atoms with van der Waals surface area (Å²) in [5.74, 6) is 0. The highest BCUT2D eigenvalue weighted by Gasteiger charge is 2.19. The Kier molecular flexibility index (Phi) is 5.10. The molecule has 2 rings (SSSR count). The van der Waals surface area contributed by atoms with Crippen LogP contribution in [0.25, 0.3) is 0 Å². The molecule has 0 aliphatic carbocycles. The number of aryl methyl sites for hydroxylation is 3. The third kappa shape index (κ3) is 3.90. The predicted octanol–water partition coefficient (Wildman–Crippen LogP) is 3.22. The summed E-state index contributed by atoms with van der Waals surface area (Å²) >= 11 is 0. The molecule has 112 valence electrons. The fraction of sp³-hybridized carbons (Fsp3) is 0.389. The van der Waals surface area contributed by atoms with Gasteiger partial charge in [-0.1, -0.05) is 17.7 Å². The number of pyridine rings is 1. The molecule has 0 bridgehead atoms. The Hall–Kier alpha value is -1.71. The first-order chi connectivity index (χ1) is 9.99. The van der Waals surface area contributed by atoms with Crippen molar-refractivity contribution >= 4 is 0 Å². The lowest BCUT2D eigenvalue weighted by molar-refractivity contribution is 0.134. The van der Waals surface area contributed by atoms with Crippen LogP contribution in [0.2, 0.25) is 0 Å². The number of nitrogens with one attached hydrogen (secondary N) is 1. The van der Waals surface area contributed by atoms with E-state index in [1.165, 1.54) is 11.1 Å². The molecule has 2 aromatic rings. The van der Waals surface area contributed by atoms with E-state index in [1.807, 2.05) is 19.1 Å². The molecule has 2 N–H and O–H groups in total. The van der Waals surface area contributed by atoms with Crippen molar-refractivity contribution < 1.29 is 5.11 Å². The van der Waals surface area contributed by atoms with E-state index in [1.54, 1.807) is 12.4 Å². The summed E-state index contributed by atoms with van der Waals surface area (Å²) in [6.45, 7) is 8.96. The Morgan fingerprint density at radius 3 is 2.24 bits per heavy atom. The molecule has 1 aromatic carbocycles. The second kappa shape index (κ2) is 6.83. The molecule has 21 heavy (non-hydrogen) atoms. The summed E-state index contributed by atoms with van der Waals surface area (Å²) < 4.78 is 0. The van der Waals surface area contributed by atoms with E-state index in [0.29, 0.717) is 0 Å². The predicted molar refractivity (Wildman–Crippen MR) is 86.2 cm³/mol. The second-order valence-corrected chi connectivity index (χ2v) is 5.78. The van der Waals surface area contributed by atoms with Crippen LogP contribution in [0, 0.1) is 20.8 Å². The van der Waals surface area contributed by atoms with Gasteiger partial charge in [0.2, 0.25) is 0 Å². The topological polar surface area (TPSA) is 45.1 Å². The van der Waals surface area contributed by atoms with Crippen LogP contribution in [-0.4, -0.2) is 16.1 Å². The third-order valence-electron chi connectivity index (χ3n) is 3.88. The second-order valence-electron chi connectivity index (χ2n) is 5.78. The van der Waals surface area contributed by atoms with Gasteiger partial charge in [-0.3, -0.25) is 4.98 Å². The van der Waals surface area contributed by atoms with Crippen molar-refractivity contribution in [3.05, 3.63) is 64.5 Å². The maximum atomic E-state index is 10.6. The molecule has 3 nitrogen and oxygen atoms in total. The minimum Gasteiger partial charge on any atom is -0.387 e. The van der Waals surface area contributed by atoms with E-state index in [4.69, 9.17) is 0 Å². The molecule has 0 saturated heterocycles. The van der Waals surface area contributed by atoms with Crippen LogP contribution in [0.4, 0.5) is 0 Å². The fourth-order valence-electron chi connectivity index (χ4n) is 2.80. The molecule has 0 aliphatic heterocycles. The minimum absolute atomic E-state index is 0.0155. The number of nitrogens with zero attached hydrogens (tertiary/aromatic N) is 1. The number of aromatic nitrogens is 1. The van der Waals surface area contributed by atoms with Gasteiger partial charge in [0, 0.05) is 25.0 Å². The molecule has 0 amide bonds. The SMILES string of the molecule is Cc1cc(C)c(C(O)C(C)NCc2ccncc2)c(C)c1. The molecule has 1 aromatic heterocycles. The number of aliphatic hydroxyl groups is 1. The van der Waals surface area contributed by atoms with Crippen LogP contribution in [-0.2, 0) is 6.54 Å². The van der Waals surface area contributed by atoms with E-state index in [0.717, 1.165) is 23.2 Å². The van der Waals surface area contributed by atoms with Crippen molar-refractivity contribution in [3.63, 3.8) is 0 Å². The zero-order chi connectivity index (χ0) is 15.4. The standard InChI is InChI=1S/C18H24N2O/c1-12-9-13(2)17(14(3)10-12)18(21)15(4)20-11-16-5-7-19-8-6-16/h5-10,15,18,20-21H,11H2,1-4H3. The lowest BCUT2D eigenvalue weighted by Gasteiger charge is -2.24. The van der Waals surface area contributed by atoms with Crippen molar-refractivity contribution in [3.8, 4) is 0 Å². The van der Waals surface area contributed by atoms with E-state index >= 15 is 0 Å². The van der Waals surface area contributed by atoms with Crippen molar-refractivity contribution in [2.24, 2.45) is 0 Å². The van der Waals surface area contributed by atoms with Crippen LogP contribution in [0.5, 0.6) is 0 Å². The molecule has 3 heteroatoms. The number of rotatable bonds is 5. The van der Waals surface area contributed by atoms with Gasteiger partial charge in [-0.15, -0.1) is 0 Å². The van der Waals surface area contributed by atoms with Crippen LogP contribution in [0.15, 0.2) is 36.7 Å². The maximum Gasteiger partial charge on any atom is 0.0945 e. The summed E-state index contributed by atoms with van der Waals surface area (Å²) in [5.41, 5.74) is 5.74. The van der Waals surface area contributed by atoms with Gasteiger partial charge in [0.1, 0.15) is 0 Å². The van der Waals surface area contributed by atoms with Crippen LogP contribution >= 0.6 is 0 Å². The van der Waals surface area contributed by atoms with Gasteiger partial charge in [0.05, 0.1) is 6.10 Å². The molecule has 0 spiro atoms. The highest BCUT2D eigenvalue weighted by Crippen LogP contribution is 2.26. The van der Waals surface area contributed by atoms with Gasteiger partial charge < -0.3 is 10.4 Å². The Bertz CT molecular complexity index is 572. The Balaban J connectivity index is 2.07. The van der Waals surface area contributed by atoms with E-state index in [2.05, 4.69) is 43.2 Å². The first kappa shape index (κ1) is 15.7. The summed E-state index contributed by atoms with van der Waals surface area (Å²) in [7, 11) is 0. The molecule has 2 unspecified atom stereocenters. The lowest BCUT2D eigenvalue weighted by Crippen LogP contribution is -2.32. The van der Waals surface area contributed by atoms with Gasteiger partial charge in [0.15, 0.2) is 0 Å². The summed E-state index contributed by atoms with van der Waals surface area (Å²) in [6, 6.07) is 8.20. The van der Waals surface area contributed by atoms with Crippen molar-refractivity contribution in [2.45, 2.75) is 46.4 Å². The zero-order valence-electron chi connectivity index (χ0n) is 13.2. The Morgan fingerprint density at radius 1 is 1.10 bits per heavy atom. The first-order valence-corrected chi connectivity index (χ1v) is 7.37. The molecular weight excluding hydrogens is 260 g/mol. The van der Waals surface area contributed by atoms with Crippen LogP contribution < -0.4 is 5.32 Å². The van der Waals surface area contributed by atoms with Crippen LogP contribution in [0.3, 0.4) is 0 Å². The quantitative estimate of drug-likeness (QED) is 0.886. The monoisotopic (exact) mass is 284 g/mol. The van der Waals surface area contributed by atoms with E-state index in [9.17, 15) is 5.11 Å². The Labute approximate surface area is 127 Å². The summed E-state index contributed by atoms with van der Waals surface area (Å²) in [6.07, 6.45) is 3.06. The smallest absolute Gasteiger partial charge is 0.0945 e. The third-order valence-corrected chi connectivity index (χ3v) is 3.88. The average Bonchev–Trinajstić information content (AvgIpc) is 2.44. The highest BCUT2D eigenvalue weighted by molar-refractivity contribution is 5.39. The molecule has 0 fully saturated rings. The normalized spacial score (nSPS) is 14.0. The van der Waals surface area contributed by atoms with E-state index in [-0.39, 0.29) is 6.04 Å². The number of hydrogen-bond acceptors (Lipinski definition) is 3. The molecule has 1 heterocycles. The molecule has 0 radical (unpaired) electrons. The summed E-state index contributed by atoms with van der Waals surface area (Å²) in [5, 5.41) is 14.0. The van der Waals surface area contributed by atoms with Gasteiger partial charge in [-0.2, -0.15) is 0 Å². The largest absolute Gasteiger partial charge is 0.387 e. The molecular formula is C18H24N2O. The molecule has 0 saturated carbocycles. The summed E-state index contributed by atoms with van der Waals surface area (Å²) in [4.78, 5) is 4.01. The van der Waals surface area contributed by atoms with Gasteiger partial charge in [-0.25, -0.2) is 0 Å². The average molecular weight is 284 g/mol. The molecule has 2 atom stereocenters. The van der Waals surface area contributed by atoms with Crippen molar-refractivity contribution in [1.29, 1.82) is 0 Å². The zero-order valence-corrected chi connectivity index (χ0v) is 13.2. The highest BCUT2D eigenvalue weighted by atomic mass is 16.3. The van der Waals surface area contributed by atoms with E-state index < -0.39 is 6.10 Å². The fourth-order valence-corrected chi connectivity index (χ4v) is 2.80. The number of benzene rings is 1. The van der Waals surface area contributed by atoms with Gasteiger partial charge >= 0.3 is 0 Å². The van der Waals surface area contributed by atoms with Crippen molar-refractivity contribution in [2.75, 3.05) is 0 Å². The van der Waals surface area contributed by atoms with Gasteiger partial charge in [0.25, 0.3) is 0 Å². The lowest BCUT2D eigenvalue weighted by atomic mass is 9.92. The number of aliphatic hydroxyl groups excluding tert-OH is 1.